The van der Waals surface area contributed by atoms with Crippen LogP contribution in [0.2, 0.25) is 0 Å². The fourth-order valence-corrected chi connectivity index (χ4v) is 4.44. The lowest BCUT2D eigenvalue weighted by molar-refractivity contribution is 0.103. The fourth-order valence-electron chi connectivity index (χ4n) is 3.19. The molecule has 0 aliphatic heterocycles. The lowest BCUT2D eigenvalue weighted by Crippen LogP contribution is -2.17. The fraction of sp³-hybridized carbons (Fsp3) is 0.0476. The van der Waals surface area contributed by atoms with Gasteiger partial charge in [0.1, 0.15) is 27.9 Å². The Kier molecular flexibility index (Phi) is 5.26. The number of carbonyl (C=O) groups is 1. The highest BCUT2D eigenvalue weighted by atomic mass is 32.2. The molecular weight excluding hydrogens is 444 g/mol. The number of methoxy groups -OCH3 is 1. The largest absolute Gasteiger partial charge is 0.508 e. The normalized spacial score (nSPS) is 11.5. The highest BCUT2D eigenvalue weighted by Gasteiger charge is 2.27. The molecule has 4 rings (SSSR count). The number of ether oxygens (including phenoxy) is 1. The van der Waals surface area contributed by atoms with Gasteiger partial charge in [0.05, 0.1) is 18.4 Å². The van der Waals surface area contributed by atoms with Crippen molar-refractivity contribution >= 4 is 32.5 Å². The summed E-state index contributed by atoms with van der Waals surface area (Å²) in [5.74, 6) is -4.02. The number of phenols is 1. The monoisotopic (exact) mass is 459 g/mol. The minimum absolute atomic E-state index is 0.0273. The molecule has 0 spiro atoms. The van der Waals surface area contributed by atoms with Crippen molar-refractivity contribution in [2.45, 2.75) is 4.90 Å². The van der Waals surface area contributed by atoms with Crippen LogP contribution in [0, 0.1) is 11.6 Å². The molecule has 32 heavy (non-hydrogen) atoms. The van der Waals surface area contributed by atoms with Crippen LogP contribution in [0.5, 0.6) is 11.5 Å². The number of phenolic OH excluding ortho intramolecular Hbond substituents is 1. The molecule has 11 heteroatoms. The summed E-state index contributed by atoms with van der Waals surface area (Å²) < 4.78 is 62.2. The van der Waals surface area contributed by atoms with Crippen LogP contribution in [0.1, 0.15) is 15.9 Å². The maximum Gasteiger partial charge on any atom is 0.265 e. The number of fused-ring (bicyclic) bond motifs is 1. The second-order valence-corrected chi connectivity index (χ2v) is 8.31. The molecule has 0 fully saturated rings. The molecule has 164 valence electrons. The van der Waals surface area contributed by atoms with E-state index in [4.69, 9.17) is 4.74 Å². The van der Waals surface area contributed by atoms with Crippen molar-refractivity contribution in [1.29, 1.82) is 0 Å². The van der Waals surface area contributed by atoms with Gasteiger partial charge >= 0.3 is 0 Å². The van der Waals surface area contributed by atoms with Crippen molar-refractivity contribution in [2.24, 2.45) is 0 Å². The maximum absolute atomic E-state index is 15.2. The van der Waals surface area contributed by atoms with Crippen molar-refractivity contribution in [1.82, 2.24) is 9.97 Å². The van der Waals surface area contributed by atoms with Gasteiger partial charge in [-0.15, -0.1) is 0 Å². The third-order valence-corrected chi connectivity index (χ3v) is 6.08. The molecule has 0 bridgehead atoms. The predicted octanol–water partition coefficient (Wildman–Crippen LogP) is 3.59. The van der Waals surface area contributed by atoms with Crippen molar-refractivity contribution in [2.75, 3.05) is 11.8 Å². The van der Waals surface area contributed by atoms with Crippen LogP contribution in [-0.2, 0) is 10.0 Å². The zero-order chi connectivity index (χ0) is 23.0. The zero-order valence-corrected chi connectivity index (χ0v) is 17.2. The Labute approximate surface area is 180 Å². The number of hydrogen-bond donors (Lipinski definition) is 3. The Morgan fingerprint density at radius 1 is 1.19 bits per heavy atom. The first-order chi connectivity index (χ1) is 15.2. The number of nitrogens with zero attached hydrogens (tertiary/aromatic N) is 1. The molecular formula is C21H15F2N3O5S. The number of aromatic amines is 1. The number of ketones is 1. The minimum Gasteiger partial charge on any atom is -0.508 e. The van der Waals surface area contributed by atoms with Gasteiger partial charge in [-0.1, -0.05) is 0 Å². The van der Waals surface area contributed by atoms with Gasteiger partial charge in [0, 0.05) is 29.4 Å². The van der Waals surface area contributed by atoms with Crippen LogP contribution in [0.3, 0.4) is 0 Å². The van der Waals surface area contributed by atoms with Gasteiger partial charge in [-0.3, -0.25) is 9.52 Å². The molecule has 0 saturated heterocycles. The number of pyridine rings is 1. The number of carbonyl (C=O) groups excluding carboxylic acids is 1. The van der Waals surface area contributed by atoms with E-state index in [1.807, 2.05) is 4.72 Å². The second-order valence-electron chi connectivity index (χ2n) is 6.66. The average molecular weight is 459 g/mol. The van der Waals surface area contributed by atoms with Gasteiger partial charge < -0.3 is 14.8 Å². The smallest absolute Gasteiger partial charge is 0.265 e. The SMILES string of the molecule is COc1ccc(O)cc1S(=O)(=O)Nc1ccc(F)c(C(=O)c2c[nH]c3ncccc23)c1F. The van der Waals surface area contributed by atoms with Crippen molar-refractivity contribution in [3.8, 4) is 11.5 Å². The molecule has 3 N–H and O–H groups in total. The molecule has 0 aliphatic rings. The Balaban J connectivity index is 1.78. The second kappa shape index (κ2) is 7.93. The Morgan fingerprint density at radius 2 is 1.97 bits per heavy atom. The molecule has 2 heterocycles. The van der Waals surface area contributed by atoms with E-state index in [0.717, 1.165) is 18.2 Å². The number of nitrogens with one attached hydrogen (secondary N) is 2. The van der Waals surface area contributed by atoms with Crippen LogP contribution in [0.25, 0.3) is 11.0 Å². The van der Waals surface area contributed by atoms with E-state index in [-0.39, 0.29) is 17.1 Å². The summed E-state index contributed by atoms with van der Waals surface area (Å²) in [7, 11) is -3.25. The van der Waals surface area contributed by atoms with Gasteiger partial charge in [0.15, 0.2) is 5.82 Å². The van der Waals surface area contributed by atoms with Crippen LogP contribution < -0.4 is 9.46 Å². The van der Waals surface area contributed by atoms with E-state index in [0.29, 0.717) is 11.0 Å². The zero-order valence-electron chi connectivity index (χ0n) is 16.4. The van der Waals surface area contributed by atoms with Gasteiger partial charge in [0.2, 0.25) is 5.78 Å². The molecule has 0 radical (unpaired) electrons. The standard InChI is InChI=1S/C21H15F2N3O5S/c1-31-16-7-4-11(27)9-17(16)32(29,30)26-15-6-5-14(22)18(19(15)23)20(28)13-10-25-21-12(13)3-2-8-24-21/h2-10,26-27H,1H3,(H,24,25). The summed E-state index contributed by atoms with van der Waals surface area (Å²) >= 11 is 0. The molecule has 4 aromatic rings. The summed E-state index contributed by atoms with van der Waals surface area (Å²) in [6, 6.07) is 8.09. The van der Waals surface area contributed by atoms with Gasteiger partial charge in [-0.2, -0.15) is 0 Å². The highest BCUT2D eigenvalue weighted by Crippen LogP contribution is 2.32. The van der Waals surface area contributed by atoms with Gasteiger partial charge in [-0.05, 0) is 36.4 Å². The molecule has 2 aromatic heterocycles. The molecule has 8 nitrogen and oxygen atoms in total. The first-order valence-electron chi connectivity index (χ1n) is 9.07. The summed E-state index contributed by atoms with van der Waals surface area (Å²) in [6.07, 6.45) is 2.76. The summed E-state index contributed by atoms with van der Waals surface area (Å²) in [4.78, 5) is 19.2. The molecule has 2 aromatic carbocycles. The average Bonchev–Trinajstić information content (AvgIpc) is 3.20. The van der Waals surface area contributed by atoms with Crippen LogP contribution >= 0.6 is 0 Å². The summed E-state index contributed by atoms with van der Waals surface area (Å²) in [5, 5.41) is 9.99. The van der Waals surface area contributed by atoms with E-state index in [2.05, 4.69) is 9.97 Å². The van der Waals surface area contributed by atoms with Crippen LogP contribution in [-0.4, -0.2) is 36.4 Å². The maximum atomic E-state index is 15.2. The van der Waals surface area contributed by atoms with E-state index in [9.17, 15) is 22.7 Å². The lowest BCUT2D eigenvalue weighted by atomic mass is 10.0. The van der Waals surface area contributed by atoms with E-state index < -0.39 is 43.6 Å². The molecule has 0 aliphatic carbocycles. The summed E-state index contributed by atoms with van der Waals surface area (Å²) in [6.45, 7) is 0. The number of halogens is 2. The highest BCUT2D eigenvalue weighted by molar-refractivity contribution is 7.92. The van der Waals surface area contributed by atoms with Crippen molar-refractivity contribution < 1.29 is 31.8 Å². The first kappa shape index (κ1) is 21.2. The molecule has 0 unspecified atom stereocenters. The lowest BCUT2D eigenvalue weighted by Gasteiger charge is -2.14. The third kappa shape index (κ3) is 3.62. The number of hydrogen-bond acceptors (Lipinski definition) is 6. The van der Waals surface area contributed by atoms with Crippen LogP contribution in [0.15, 0.2) is 59.8 Å². The number of benzene rings is 2. The molecule has 0 amide bonds. The Hall–Kier alpha value is -3.99. The predicted molar refractivity (Wildman–Crippen MR) is 111 cm³/mol. The van der Waals surface area contributed by atoms with Crippen LogP contribution in [0.4, 0.5) is 14.5 Å². The number of H-pyrrole nitrogens is 1. The van der Waals surface area contributed by atoms with E-state index in [1.165, 1.54) is 31.6 Å². The number of aromatic nitrogens is 2. The number of rotatable bonds is 6. The quantitative estimate of drug-likeness (QED) is 0.379. The Bertz CT molecular complexity index is 1470. The third-order valence-electron chi connectivity index (χ3n) is 4.69. The number of anilines is 1. The summed E-state index contributed by atoms with van der Waals surface area (Å²) in [5.41, 5.74) is -1.26. The molecule has 0 saturated carbocycles. The van der Waals surface area contributed by atoms with E-state index >= 15 is 4.39 Å². The Morgan fingerprint density at radius 3 is 2.72 bits per heavy atom. The van der Waals surface area contributed by atoms with Crippen molar-refractivity contribution in [3.63, 3.8) is 0 Å². The number of sulfonamides is 1. The van der Waals surface area contributed by atoms with Gasteiger partial charge in [0.25, 0.3) is 10.0 Å². The van der Waals surface area contributed by atoms with Gasteiger partial charge in [-0.25, -0.2) is 22.2 Å². The van der Waals surface area contributed by atoms with E-state index in [1.54, 1.807) is 12.1 Å². The topological polar surface area (TPSA) is 121 Å². The minimum atomic E-state index is -4.47. The number of aromatic hydroxyl groups is 1. The first-order valence-corrected chi connectivity index (χ1v) is 10.6. The molecule has 0 atom stereocenters. The van der Waals surface area contributed by atoms with Crippen molar-refractivity contribution in [3.05, 3.63) is 77.6 Å².